The zero-order valence-corrected chi connectivity index (χ0v) is 24.9. The van der Waals surface area contributed by atoms with E-state index in [1.54, 1.807) is 7.11 Å². The molecule has 0 aromatic heterocycles. The highest BCUT2D eigenvalue weighted by Gasteiger charge is 2.47. The fourth-order valence-corrected chi connectivity index (χ4v) is 12.2. The number of hydrogen-bond acceptors (Lipinski definition) is 5. The van der Waals surface area contributed by atoms with Crippen molar-refractivity contribution in [2.45, 2.75) is 74.4 Å². The molecule has 0 aliphatic carbocycles. The van der Waals surface area contributed by atoms with E-state index in [0.717, 1.165) is 27.7 Å². The van der Waals surface area contributed by atoms with Crippen molar-refractivity contribution in [3.63, 3.8) is 0 Å². The van der Waals surface area contributed by atoms with Gasteiger partial charge in [-0.2, -0.15) is 0 Å². The van der Waals surface area contributed by atoms with Gasteiger partial charge < -0.3 is 18.6 Å². The van der Waals surface area contributed by atoms with E-state index in [0.29, 0.717) is 16.6 Å². The standard InChI is InChI=1S/C31H40O4SSi/c1-21(2)37(22(3)4,23(5)6)35-27-18-14-25(15-19-27)31-30(34-28-10-8-9-11-29(28)36-31)24-12-16-26(17-13-24)33-20-32-7/h8-19,21-23,30-31H,20H2,1-7H3/t30-,31+/m1/s1. The summed E-state index contributed by atoms with van der Waals surface area (Å²) in [7, 11) is -0.383. The van der Waals surface area contributed by atoms with Gasteiger partial charge in [-0.25, -0.2) is 0 Å². The monoisotopic (exact) mass is 536 g/mol. The highest BCUT2D eigenvalue weighted by Crippen LogP contribution is 2.53. The number of thioether (sulfide) groups is 1. The van der Waals surface area contributed by atoms with Gasteiger partial charge in [0, 0.05) is 7.11 Å². The van der Waals surface area contributed by atoms with Crippen LogP contribution in [0.1, 0.15) is 64.0 Å². The molecule has 37 heavy (non-hydrogen) atoms. The minimum atomic E-state index is -2.00. The zero-order chi connectivity index (χ0) is 26.6. The van der Waals surface area contributed by atoms with Crippen LogP contribution in [0.15, 0.2) is 77.7 Å². The normalized spacial score (nSPS) is 17.6. The second-order valence-corrected chi connectivity index (χ2v) is 17.2. The summed E-state index contributed by atoms with van der Waals surface area (Å²) in [6.07, 6.45) is -0.126. The average molecular weight is 537 g/mol. The molecule has 1 aliphatic rings. The number of methoxy groups -OCH3 is 1. The number of rotatable bonds is 10. The summed E-state index contributed by atoms with van der Waals surface area (Å²) in [5.41, 5.74) is 3.94. The van der Waals surface area contributed by atoms with Crippen LogP contribution < -0.4 is 13.9 Å². The van der Waals surface area contributed by atoms with Crippen molar-refractivity contribution in [2.75, 3.05) is 13.9 Å². The van der Waals surface area contributed by atoms with Crippen LogP contribution >= 0.6 is 11.8 Å². The Balaban J connectivity index is 1.63. The van der Waals surface area contributed by atoms with E-state index in [4.69, 9.17) is 18.6 Å². The molecule has 0 amide bonds. The van der Waals surface area contributed by atoms with Crippen LogP contribution in [0.5, 0.6) is 17.2 Å². The molecule has 198 valence electrons. The molecule has 3 aromatic rings. The van der Waals surface area contributed by atoms with Crippen LogP contribution in [0.4, 0.5) is 0 Å². The molecule has 0 N–H and O–H groups in total. The Bertz CT molecular complexity index is 1120. The van der Waals surface area contributed by atoms with E-state index < -0.39 is 8.32 Å². The van der Waals surface area contributed by atoms with E-state index >= 15 is 0 Å². The van der Waals surface area contributed by atoms with Gasteiger partial charge in [-0.05, 0) is 64.1 Å². The topological polar surface area (TPSA) is 36.9 Å². The molecule has 4 nitrogen and oxygen atoms in total. The fraction of sp³-hybridized carbons (Fsp3) is 0.419. The number of fused-ring (bicyclic) bond motifs is 1. The van der Waals surface area contributed by atoms with Gasteiger partial charge in [0.15, 0.2) is 6.79 Å². The molecular weight excluding hydrogens is 496 g/mol. The fourth-order valence-electron chi connectivity index (χ4n) is 5.69. The Hall–Kier alpha value is -2.41. The third-order valence-corrected chi connectivity index (χ3v) is 14.8. The predicted octanol–water partition coefficient (Wildman–Crippen LogP) is 9.19. The molecule has 0 bridgehead atoms. The van der Waals surface area contributed by atoms with E-state index in [1.807, 2.05) is 36.0 Å². The Labute approximate surface area is 227 Å². The molecule has 0 saturated carbocycles. The number of ether oxygens (including phenoxy) is 3. The molecule has 0 unspecified atom stereocenters. The first-order valence-electron chi connectivity index (χ1n) is 13.2. The van der Waals surface area contributed by atoms with Gasteiger partial charge in [0.05, 0.1) is 10.1 Å². The van der Waals surface area contributed by atoms with Crippen molar-refractivity contribution >= 4 is 20.1 Å². The maximum Gasteiger partial charge on any atom is 0.258 e. The minimum Gasteiger partial charge on any atom is -0.543 e. The smallest absolute Gasteiger partial charge is 0.258 e. The summed E-state index contributed by atoms with van der Waals surface area (Å²) in [5, 5.41) is 0.108. The van der Waals surface area contributed by atoms with Crippen molar-refractivity contribution < 1.29 is 18.6 Å². The van der Waals surface area contributed by atoms with Crippen molar-refractivity contribution in [1.29, 1.82) is 0 Å². The van der Waals surface area contributed by atoms with Gasteiger partial charge in [-0.3, -0.25) is 0 Å². The molecule has 2 atom stereocenters. The maximum absolute atomic E-state index is 6.92. The largest absolute Gasteiger partial charge is 0.543 e. The molecule has 6 heteroatoms. The lowest BCUT2D eigenvalue weighted by Crippen LogP contribution is -2.50. The third-order valence-electron chi connectivity index (χ3n) is 7.39. The zero-order valence-electron chi connectivity index (χ0n) is 23.1. The molecule has 4 rings (SSSR count). The van der Waals surface area contributed by atoms with Crippen LogP contribution in [0, 0.1) is 0 Å². The van der Waals surface area contributed by atoms with Crippen molar-refractivity contribution in [2.24, 2.45) is 0 Å². The Morgan fingerprint density at radius 1 is 0.757 bits per heavy atom. The molecule has 0 fully saturated rings. The van der Waals surface area contributed by atoms with E-state index in [1.165, 1.54) is 5.56 Å². The third kappa shape index (κ3) is 5.87. The lowest BCUT2D eigenvalue weighted by Gasteiger charge is -2.42. The SMILES string of the molecule is COCOc1ccc([C@H]2Oc3ccccc3S[C@H]2c2ccc(O[Si](C(C)C)(C(C)C)C(C)C)cc2)cc1. The van der Waals surface area contributed by atoms with Gasteiger partial charge in [-0.1, -0.05) is 77.9 Å². The predicted molar refractivity (Wildman–Crippen MR) is 155 cm³/mol. The van der Waals surface area contributed by atoms with Gasteiger partial charge >= 0.3 is 0 Å². The summed E-state index contributed by atoms with van der Waals surface area (Å²) in [5.74, 6) is 2.68. The minimum absolute atomic E-state index is 0.108. The number of para-hydroxylation sites is 1. The first kappa shape index (κ1) is 27.6. The van der Waals surface area contributed by atoms with Crippen LogP contribution in [0.2, 0.25) is 16.6 Å². The maximum atomic E-state index is 6.92. The second kappa shape index (κ2) is 12.0. The average Bonchev–Trinajstić information content (AvgIpc) is 2.90. The molecule has 0 saturated heterocycles. The van der Waals surface area contributed by atoms with Crippen LogP contribution in [-0.4, -0.2) is 22.2 Å². The van der Waals surface area contributed by atoms with Crippen LogP contribution in [0.25, 0.3) is 0 Å². The Kier molecular flexibility index (Phi) is 8.93. The molecule has 3 aromatic carbocycles. The summed E-state index contributed by atoms with van der Waals surface area (Å²) >= 11 is 1.86. The van der Waals surface area contributed by atoms with Crippen molar-refractivity contribution in [1.82, 2.24) is 0 Å². The summed E-state index contributed by atoms with van der Waals surface area (Å²) in [6.45, 7) is 14.2. The molecule has 0 radical (unpaired) electrons. The number of hydrogen-bond donors (Lipinski definition) is 0. The van der Waals surface area contributed by atoms with E-state index in [9.17, 15) is 0 Å². The lowest BCUT2D eigenvalue weighted by molar-refractivity contribution is 0.0511. The van der Waals surface area contributed by atoms with Crippen molar-refractivity contribution in [3.8, 4) is 17.2 Å². The second-order valence-electron chi connectivity index (χ2n) is 10.6. The summed E-state index contributed by atoms with van der Waals surface area (Å²) in [6, 6.07) is 25.1. The summed E-state index contributed by atoms with van der Waals surface area (Å²) in [4.78, 5) is 1.16. The highest BCUT2D eigenvalue weighted by molar-refractivity contribution is 7.99. The van der Waals surface area contributed by atoms with Gasteiger partial charge in [0.25, 0.3) is 8.32 Å². The van der Waals surface area contributed by atoms with E-state index in [-0.39, 0.29) is 18.1 Å². The summed E-state index contributed by atoms with van der Waals surface area (Å²) < 4.78 is 24.1. The quantitative estimate of drug-likeness (QED) is 0.191. The lowest BCUT2D eigenvalue weighted by atomic mass is 10.00. The molecule has 0 spiro atoms. The highest BCUT2D eigenvalue weighted by atomic mass is 32.2. The van der Waals surface area contributed by atoms with Crippen molar-refractivity contribution in [3.05, 3.63) is 83.9 Å². The van der Waals surface area contributed by atoms with Gasteiger partial charge in [-0.15, -0.1) is 11.8 Å². The molecular formula is C31H40O4SSi. The van der Waals surface area contributed by atoms with E-state index in [2.05, 4.69) is 90.1 Å². The van der Waals surface area contributed by atoms with Crippen LogP contribution in [0.3, 0.4) is 0 Å². The number of benzene rings is 3. The molecule has 1 heterocycles. The molecule has 1 aliphatic heterocycles. The Morgan fingerprint density at radius 3 is 1.92 bits per heavy atom. The van der Waals surface area contributed by atoms with Gasteiger partial charge in [0.1, 0.15) is 23.4 Å². The van der Waals surface area contributed by atoms with Crippen LogP contribution in [-0.2, 0) is 4.74 Å². The first-order chi connectivity index (χ1) is 17.8. The first-order valence-corrected chi connectivity index (χ1v) is 16.2. The van der Waals surface area contributed by atoms with Gasteiger partial charge in [0.2, 0.25) is 0 Å². The Morgan fingerprint density at radius 2 is 1.32 bits per heavy atom.